The van der Waals surface area contributed by atoms with Crippen molar-refractivity contribution in [3.63, 3.8) is 0 Å². The van der Waals surface area contributed by atoms with Crippen LogP contribution in [0.5, 0.6) is 0 Å². The molecule has 0 aromatic heterocycles. The molecule has 2 amide bonds. The van der Waals surface area contributed by atoms with E-state index in [0.717, 1.165) is 22.4 Å². The Morgan fingerprint density at radius 3 is 2.44 bits per heavy atom. The predicted octanol–water partition coefficient (Wildman–Crippen LogP) is 3.11. The van der Waals surface area contributed by atoms with Crippen LogP contribution in [-0.4, -0.2) is 18.4 Å². The SMILES string of the molecule is Cc1cc(C)cc(N2CC(C(=O)NCc3ccc(F)cc3)CC2=O)c1. The van der Waals surface area contributed by atoms with Gasteiger partial charge in [-0.05, 0) is 54.8 Å². The van der Waals surface area contributed by atoms with Crippen LogP contribution >= 0.6 is 0 Å². The van der Waals surface area contributed by atoms with Crippen molar-refractivity contribution in [3.05, 3.63) is 65.0 Å². The van der Waals surface area contributed by atoms with E-state index in [1.807, 2.05) is 26.0 Å². The largest absolute Gasteiger partial charge is 0.352 e. The highest BCUT2D eigenvalue weighted by molar-refractivity contribution is 6.00. The molecule has 0 spiro atoms. The Balaban J connectivity index is 1.63. The van der Waals surface area contributed by atoms with Crippen molar-refractivity contribution in [2.75, 3.05) is 11.4 Å². The fraction of sp³-hybridized carbons (Fsp3) is 0.300. The summed E-state index contributed by atoms with van der Waals surface area (Å²) in [5.74, 6) is -0.856. The number of amides is 2. The van der Waals surface area contributed by atoms with Crippen molar-refractivity contribution >= 4 is 17.5 Å². The molecule has 130 valence electrons. The summed E-state index contributed by atoms with van der Waals surface area (Å²) in [7, 11) is 0. The number of anilines is 1. The second-order valence-electron chi connectivity index (χ2n) is 6.60. The lowest BCUT2D eigenvalue weighted by Crippen LogP contribution is -2.32. The Labute approximate surface area is 146 Å². The number of carbonyl (C=O) groups excluding carboxylic acids is 2. The van der Waals surface area contributed by atoms with Crippen LogP contribution in [0.25, 0.3) is 0 Å². The Morgan fingerprint density at radius 1 is 1.16 bits per heavy atom. The molecule has 1 aliphatic heterocycles. The van der Waals surface area contributed by atoms with Gasteiger partial charge in [-0.3, -0.25) is 9.59 Å². The summed E-state index contributed by atoms with van der Waals surface area (Å²) in [5, 5.41) is 2.84. The minimum absolute atomic E-state index is 0.0352. The second kappa shape index (κ2) is 7.05. The summed E-state index contributed by atoms with van der Waals surface area (Å²) in [6.45, 7) is 4.69. The van der Waals surface area contributed by atoms with Gasteiger partial charge in [0.05, 0.1) is 5.92 Å². The molecule has 3 rings (SSSR count). The quantitative estimate of drug-likeness (QED) is 0.930. The van der Waals surface area contributed by atoms with Crippen molar-refractivity contribution in [2.45, 2.75) is 26.8 Å². The summed E-state index contributed by atoms with van der Waals surface area (Å²) in [5.41, 5.74) is 3.85. The standard InChI is InChI=1S/C20H21FN2O2/c1-13-7-14(2)9-18(8-13)23-12-16(10-19(23)24)20(25)22-11-15-3-5-17(21)6-4-15/h3-9,16H,10-12H2,1-2H3,(H,22,25). The average molecular weight is 340 g/mol. The first kappa shape index (κ1) is 17.1. The molecule has 1 heterocycles. The van der Waals surface area contributed by atoms with Crippen molar-refractivity contribution < 1.29 is 14.0 Å². The van der Waals surface area contributed by atoms with Gasteiger partial charge in [-0.25, -0.2) is 4.39 Å². The summed E-state index contributed by atoms with van der Waals surface area (Å²) < 4.78 is 12.9. The molecular formula is C20H21FN2O2. The van der Waals surface area contributed by atoms with Gasteiger partial charge in [0, 0.05) is 25.2 Å². The number of aryl methyl sites for hydroxylation is 2. The smallest absolute Gasteiger partial charge is 0.227 e. The lowest BCUT2D eigenvalue weighted by Gasteiger charge is -2.18. The minimum atomic E-state index is -0.367. The minimum Gasteiger partial charge on any atom is -0.352 e. The predicted molar refractivity (Wildman–Crippen MR) is 94.6 cm³/mol. The zero-order chi connectivity index (χ0) is 18.0. The fourth-order valence-corrected chi connectivity index (χ4v) is 3.17. The molecule has 1 aliphatic rings. The zero-order valence-corrected chi connectivity index (χ0v) is 14.4. The van der Waals surface area contributed by atoms with E-state index in [0.29, 0.717) is 13.1 Å². The number of carbonyl (C=O) groups is 2. The summed E-state index contributed by atoms with van der Waals surface area (Å²) in [6, 6.07) is 12.0. The monoisotopic (exact) mass is 340 g/mol. The molecule has 1 N–H and O–H groups in total. The molecular weight excluding hydrogens is 319 g/mol. The molecule has 0 saturated carbocycles. The lowest BCUT2D eigenvalue weighted by molar-refractivity contribution is -0.126. The second-order valence-corrected chi connectivity index (χ2v) is 6.60. The molecule has 2 aromatic carbocycles. The number of hydrogen-bond donors (Lipinski definition) is 1. The highest BCUT2D eigenvalue weighted by atomic mass is 19.1. The van der Waals surface area contributed by atoms with Crippen molar-refractivity contribution in [2.24, 2.45) is 5.92 Å². The van der Waals surface area contributed by atoms with Crippen molar-refractivity contribution in [1.29, 1.82) is 0 Å². The Morgan fingerprint density at radius 2 is 1.80 bits per heavy atom. The van der Waals surface area contributed by atoms with Crippen LogP contribution in [0.2, 0.25) is 0 Å². The van der Waals surface area contributed by atoms with Gasteiger partial charge in [-0.1, -0.05) is 18.2 Å². The van der Waals surface area contributed by atoms with Gasteiger partial charge >= 0.3 is 0 Å². The number of halogens is 1. The molecule has 1 saturated heterocycles. The molecule has 4 nitrogen and oxygen atoms in total. The van der Waals surface area contributed by atoms with E-state index in [1.54, 1.807) is 17.0 Å². The highest BCUT2D eigenvalue weighted by Crippen LogP contribution is 2.27. The maximum Gasteiger partial charge on any atom is 0.227 e. The molecule has 0 bridgehead atoms. The number of nitrogens with one attached hydrogen (secondary N) is 1. The van der Waals surface area contributed by atoms with E-state index in [2.05, 4.69) is 11.4 Å². The van der Waals surface area contributed by atoms with E-state index in [9.17, 15) is 14.0 Å². The molecule has 5 heteroatoms. The molecule has 1 unspecified atom stereocenters. The summed E-state index contributed by atoms with van der Waals surface area (Å²) in [6.07, 6.45) is 0.211. The topological polar surface area (TPSA) is 49.4 Å². The highest BCUT2D eigenvalue weighted by Gasteiger charge is 2.35. The number of benzene rings is 2. The van der Waals surface area contributed by atoms with Crippen LogP contribution in [0.1, 0.15) is 23.1 Å². The number of rotatable bonds is 4. The summed E-state index contributed by atoms with van der Waals surface area (Å²) >= 11 is 0. The van der Waals surface area contributed by atoms with Crippen LogP contribution in [0.4, 0.5) is 10.1 Å². The third-order valence-corrected chi connectivity index (χ3v) is 4.39. The Hall–Kier alpha value is -2.69. The molecule has 0 radical (unpaired) electrons. The molecule has 2 aromatic rings. The Kier molecular flexibility index (Phi) is 4.83. The van der Waals surface area contributed by atoms with Crippen LogP contribution in [0, 0.1) is 25.6 Å². The van der Waals surface area contributed by atoms with Gasteiger partial charge in [0.15, 0.2) is 0 Å². The maximum atomic E-state index is 12.9. The first-order valence-electron chi connectivity index (χ1n) is 8.33. The average Bonchev–Trinajstić information content (AvgIpc) is 2.95. The zero-order valence-electron chi connectivity index (χ0n) is 14.4. The van der Waals surface area contributed by atoms with Crippen LogP contribution in [-0.2, 0) is 16.1 Å². The van der Waals surface area contributed by atoms with E-state index in [1.165, 1.54) is 12.1 Å². The molecule has 1 atom stereocenters. The lowest BCUT2D eigenvalue weighted by atomic mass is 10.1. The third-order valence-electron chi connectivity index (χ3n) is 4.39. The van der Waals surface area contributed by atoms with E-state index in [4.69, 9.17) is 0 Å². The number of hydrogen-bond acceptors (Lipinski definition) is 2. The first-order valence-corrected chi connectivity index (χ1v) is 8.33. The van der Waals surface area contributed by atoms with Gasteiger partial charge in [0.25, 0.3) is 0 Å². The van der Waals surface area contributed by atoms with E-state index < -0.39 is 0 Å². The van der Waals surface area contributed by atoms with Gasteiger partial charge in [0.1, 0.15) is 5.82 Å². The van der Waals surface area contributed by atoms with Crippen LogP contribution in [0.15, 0.2) is 42.5 Å². The van der Waals surface area contributed by atoms with Crippen molar-refractivity contribution in [3.8, 4) is 0 Å². The Bertz CT molecular complexity index is 782. The van der Waals surface area contributed by atoms with E-state index >= 15 is 0 Å². The first-order chi connectivity index (χ1) is 11.9. The molecule has 25 heavy (non-hydrogen) atoms. The van der Waals surface area contributed by atoms with Gasteiger partial charge in [-0.2, -0.15) is 0 Å². The number of nitrogens with zero attached hydrogens (tertiary/aromatic N) is 1. The van der Waals surface area contributed by atoms with Crippen LogP contribution < -0.4 is 10.2 Å². The maximum absolute atomic E-state index is 12.9. The van der Waals surface area contributed by atoms with Crippen molar-refractivity contribution in [1.82, 2.24) is 5.32 Å². The normalized spacial score (nSPS) is 17.0. The molecule has 0 aliphatic carbocycles. The van der Waals surface area contributed by atoms with Crippen LogP contribution in [0.3, 0.4) is 0 Å². The summed E-state index contributed by atoms with van der Waals surface area (Å²) in [4.78, 5) is 26.4. The van der Waals surface area contributed by atoms with Gasteiger partial charge < -0.3 is 10.2 Å². The van der Waals surface area contributed by atoms with E-state index in [-0.39, 0.29) is 30.0 Å². The van der Waals surface area contributed by atoms with Gasteiger partial charge in [0.2, 0.25) is 11.8 Å². The fourth-order valence-electron chi connectivity index (χ4n) is 3.17. The third kappa shape index (κ3) is 4.05. The van der Waals surface area contributed by atoms with Gasteiger partial charge in [-0.15, -0.1) is 0 Å². The molecule has 1 fully saturated rings.